The molecule has 0 spiro atoms. The Hall–Kier alpha value is -2.05. The van der Waals surface area contributed by atoms with Crippen molar-refractivity contribution < 1.29 is 4.39 Å². The normalized spacial score (nSPS) is 8.69. The molecule has 0 fully saturated rings. The van der Waals surface area contributed by atoms with Crippen LogP contribution in [0.5, 0.6) is 0 Å². The topological polar surface area (TPSA) is 72.5 Å². The molecule has 0 aliphatic rings. The van der Waals surface area contributed by atoms with Gasteiger partial charge in [0.25, 0.3) is 0 Å². The van der Waals surface area contributed by atoms with E-state index in [-0.39, 0.29) is 11.3 Å². The van der Waals surface area contributed by atoms with Crippen molar-refractivity contribution in [2.45, 2.75) is 6.92 Å². The molecule has 0 heterocycles. The quantitative estimate of drug-likeness (QED) is 0.368. The third kappa shape index (κ3) is 1.75. The van der Waals surface area contributed by atoms with Crippen LogP contribution >= 0.6 is 0 Å². The van der Waals surface area contributed by atoms with Crippen molar-refractivity contribution in [3.05, 3.63) is 39.5 Å². The van der Waals surface area contributed by atoms with Crippen molar-refractivity contribution in [1.29, 1.82) is 5.26 Å². The van der Waals surface area contributed by atoms with E-state index in [1.165, 1.54) is 13.0 Å². The van der Waals surface area contributed by atoms with Gasteiger partial charge in [-0.05, 0) is 30.2 Å². The number of aryl methyl sites for hydroxylation is 1. The van der Waals surface area contributed by atoms with Crippen LogP contribution in [0.3, 0.4) is 0 Å². The average molecular weight is 176 g/mol. The number of benzene rings is 1. The molecule has 1 aromatic carbocycles. The van der Waals surface area contributed by atoms with Gasteiger partial charge in [-0.2, -0.15) is 5.26 Å². The maximum atomic E-state index is 12.9. The first-order chi connectivity index (χ1) is 6.19. The summed E-state index contributed by atoms with van der Waals surface area (Å²) < 4.78 is 12.9. The summed E-state index contributed by atoms with van der Waals surface area (Å²) in [5.41, 5.74) is 8.68. The molecule has 5 heteroatoms. The molecule has 0 aliphatic heterocycles. The molecule has 0 N–H and O–H groups in total. The van der Waals surface area contributed by atoms with E-state index in [9.17, 15) is 4.39 Å². The van der Waals surface area contributed by atoms with Crippen LogP contribution in [0, 0.1) is 24.1 Å². The van der Waals surface area contributed by atoms with Crippen LogP contribution in [-0.4, -0.2) is 0 Å². The van der Waals surface area contributed by atoms with Crippen molar-refractivity contribution >= 4 is 5.69 Å². The Bertz CT molecular complexity index is 427. The Morgan fingerprint density at radius 2 is 2.31 bits per heavy atom. The van der Waals surface area contributed by atoms with Gasteiger partial charge >= 0.3 is 0 Å². The summed E-state index contributed by atoms with van der Waals surface area (Å²) >= 11 is 0. The highest BCUT2D eigenvalue weighted by Gasteiger charge is 2.04. The molecule has 0 saturated heterocycles. The minimum absolute atomic E-state index is 0.0214. The monoisotopic (exact) mass is 176 g/mol. The number of nitrogens with zero attached hydrogens (tertiary/aromatic N) is 4. The minimum atomic E-state index is -0.485. The molecule has 0 unspecified atom stereocenters. The summed E-state index contributed by atoms with van der Waals surface area (Å²) in [4.78, 5) is 2.49. The molecule has 4 nitrogen and oxygen atoms in total. The Kier molecular flexibility index (Phi) is 2.48. The molecule has 64 valence electrons. The smallest absolute Gasteiger partial charge is 0.126 e. The highest BCUT2D eigenvalue weighted by molar-refractivity contribution is 5.54. The summed E-state index contributed by atoms with van der Waals surface area (Å²) in [5.74, 6) is -0.485. The van der Waals surface area contributed by atoms with E-state index in [4.69, 9.17) is 10.8 Å². The molecule has 13 heavy (non-hydrogen) atoms. The highest BCUT2D eigenvalue weighted by Crippen LogP contribution is 2.22. The van der Waals surface area contributed by atoms with Gasteiger partial charge in [0.2, 0.25) is 0 Å². The molecule has 0 radical (unpaired) electrons. The van der Waals surface area contributed by atoms with E-state index in [1.807, 2.05) is 6.07 Å². The van der Waals surface area contributed by atoms with E-state index >= 15 is 0 Å². The summed E-state index contributed by atoms with van der Waals surface area (Å²) in [6.45, 7) is 1.54. The van der Waals surface area contributed by atoms with Crippen molar-refractivity contribution in [1.82, 2.24) is 0 Å². The lowest BCUT2D eigenvalue weighted by Crippen LogP contribution is -1.84. The summed E-state index contributed by atoms with van der Waals surface area (Å²) in [7, 11) is 0. The largest absolute Gasteiger partial charge is 0.207 e. The van der Waals surface area contributed by atoms with Gasteiger partial charge in [0.05, 0.1) is 17.3 Å². The van der Waals surface area contributed by atoms with E-state index in [0.29, 0.717) is 5.56 Å². The number of azide groups is 1. The predicted molar refractivity (Wildman–Crippen MR) is 44.7 cm³/mol. The number of nitriles is 1. The molecule has 0 bridgehead atoms. The van der Waals surface area contributed by atoms with E-state index < -0.39 is 5.82 Å². The lowest BCUT2D eigenvalue weighted by molar-refractivity contribution is 0.618. The molecular formula is C8H5FN4. The Balaban J connectivity index is 3.43. The number of hydrogen-bond acceptors (Lipinski definition) is 2. The van der Waals surface area contributed by atoms with Crippen LogP contribution in [0.1, 0.15) is 11.1 Å². The molecule has 0 saturated carbocycles. The molecule has 0 aliphatic carbocycles. The second-order valence-electron chi connectivity index (χ2n) is 2.42. The van der Waals surface area contributed by atoms with Crippen LogP contribution in [0.2, 0.25) is 0 Å². The zero-order valence-corrected chi connectivity index (χ0v) is 6.82. The molecular weight excluding hydrogens is 171 g/mol. The van der Waals surface area contributed by atoms with E-state index in [2.05, 4.69) is 10.0 Å². The number of hydrogen-bond donors (Lipinski definition) is 0. The maximum absolute atomic E-state index is 12.9. The third-order valence-corrected chi connectivity index (χ3v) is 1.55. The van der Waals surface area contributed by atoms with E-state index in [1.54, 1.807) is 0 Å². The number of halogens is 1. The zero-order valence-electron chi connectivity index (χ0n) is 6.82. The van der Waals surface area contributed by atoms with Crippen molar-refractivity contribution in [3.8, 4) is 6.07 Å². The van der Waals surface area contributed by atoms with Crippen LogP contribution in [0.4, 0.5) is 10.1 Å². The summed E-state index contributed by atoms with van der Waals surface area (Å²) in [6, 6.07) is 4.21. The Morgan fingerprint density at radius 3 is 2.85 bits per heavy atom. The lowest BCUT2D eigenvalue weighted by Gasteiger charge is -1.99. The van der Waals surface area contributed by atoms with Gasteiger partial charge in [0.1, 0.15) is 5.82 Å². The molecule has 1 aromatic rings. The van der Waals surface area contributed by atoms with Crippen molar-refractivity contribution in [3.63, 3.8) is 0 Å². The second kappa shape index (κ2) is 3.57. The van der Waals surface area contributed by atoms with Crippen LogP contribution in [0.15, 0.2) is 17.2 Å². The number of rotatable bonds is 1. The summed E-state index contributed by atoms with van der Waals surface area (Å²) in [5, 5.41) is 11.8. The van der Waals surface area contributed by atoms with Crippen LogP contribution < -0.4 is 0 Å². The average Bonchev–Trinajstić information content (AvgIpc) is 2.11. The van der Waals surface area contributed by atoms with Crippen molar-refractivity contribution in [2.24, 2.45) is 5.11 Å². The Morgan fingerprint density at radius 1 is 1.62 bits per heavy atom. The minimum Gasteiger partial charge on any atom is -0.207 e. The predicted octanol–water partition coefficient (Wildman–Crippen LogP) is 2.95. The maximum Gasteiger partial charge on any atom is 0.126 e. The molecule has 1 rings (SSSR count). The first kappa shape index (κ1) is 9.04. The van der Waals surface area contributed by atoms with Gasteiger partial charge < -0.3 is 0 Å². The van der Waals surface area contributed by atoms with Gasteiger partial charge in [-0.1, -0.05) is 5.11 Å². The van der Waals surface area contributed by atoms with Crippen LogP contribution in [0.25, 0.3) is 10.4 Å². The molecule has 0 atom stereocenters. The third-order valence-electron chi connectivity index (χ3n) is 1.55. The van der Waals surface area contributed by atoms with Gasteiger partial charge in [-0.25, -0.2) is 4.39 Å². The standard InChI is InChI=1S/C8H5FN4/c1-5-2-6(4-10)8(12-13-11)3-7(5)9/h2-3H,1H3. The van der Waals surface area contributed by atoms with Gasteiger partial charge in [-0.3, -0.25) is 0 Å². The highest BCUT2D eigenvalue weighted by atomic mass is 19.1. The first-order valence-corrected chi connectivity index (χ1v) is 3.44. The SMILES string of the molecule is Cc1cc(C#N)c(N=[N+]=[N-])cc1F. The first-order valence-electron chi connectivity index (χ1n) is 3.44. The van der Waals surface area contributed by atoms with Crippen LogP contribution in [-0.2, 0) is 0 Å². The van der Waals surface area contributed by atoms with Gasteiger partial charge in [-0.15, -0.1) is 0 Å². The fourth-order valence-corrected chi connectivity index (χ4v) is 0.891. The van der Waals surface area contributed by atoms with Gasteiger partial charge in [0, 0.05) is 4.91 Å². The Labute approximate surface area is 73.9 Å². The lowest BCUT2D eigenvalue weighted by atomic mass is 10.1. The zero-order chi connectivity index (χ0) is 9.84. The molecule has 0 aromatic heterocycles. The molecule has 0 amide bonds. The fourth-order valence-electron chi connectivity index (χ4n) is 0.891. The van der Waals surface area contributed by atoms with E-state index in [0.717, 1.165) is 6.07 Å². The summed E-state index contributed by atoms with van der Waals surface area (Å²) in [6.07, 6.45) is 0. The second-order valence-corrected chi connectivity index (χ2v) is 2.42. The fraction of sp³-hybridized carbons (Fsp3) is 0.125. The van der Waals surface area contributed by atoms with Gasteiger partial charge in [0.15, 0.2) is 0 Å². The van der Waals surface area contributed by atoms with Crippen molar-refractivity contribution in [2.75, 3.05) is 0 Å².